The van der Waals surface area contributed by atoms with Crippen LogP contribution in [0, 0.1) is 17.7 Å². The summed E-state index contributed by atoms with van der Waals surface area (Å²) in [5.74, 6) is 0.340. The molecule has 0 bridgehead atoms. The van der Waals surface area contributed by atoms with E-state index in [9.17, 15) is 9.18 Å². The molecular formula is C17H24FNO2. The molecule has 2 unspecified atom stereocenters. The van der Waals surface area contributed by atoms with Gasteiger partial charge < -0.3 is 10.1 Å². The Morgan fingerprint density at radius 1 is 1.33 bits per heavy atom. The molecule has 0 saturated heterocycles. The molecule has 0 aliphatic heterocycles. The van der Waals surface area contributed by atoms with Crippen molar-refractivity contribution in [3.63, 3.8) is 0 Å². The van der Waals surface area contributed by atoms with E-state index in [-0.39, 0.29) is 11.9 Å². The third-order valence-electron chi connectivity index (χ3n) is 4.40. The summed E-state index contributed by atoms with van der Waals surface area (Å²) in [6, 6.07) is 4.59. The lowest BCUT2D eigenvalue weighted by atomic mass is 9.77. The molecule has 2 atom stereocenters. The molecule has 0 heterocycles. The van der Waals surface area contributed by atoms with Crippen molar-refractivity contribution >= 4 is 11.7 Å². The van der Waals surface area contributed by atoms with Gasteiger partial charge in [-0.3, -0.25) is 0 Å². The Bertz CT molecular complexity index is 502. The zero-order chi connectivity index (χ0) is 15.4. The summed E-state index contributed by atoms with van der Waals surface area (Å²) in [6.07, 6.45) is 4.63. The van der Waals surface area contributed by atoms with E-state index in [0.29, 0.717) is 23.1 Å². The fraction of sp³-hybridized carbons (Fsp3) is 0.588. The van der Waals surface area contributed by atoms with Crippen LogP contribution in [0.4, 0.5) is 10.1 Å². The molecule has 0 spiro atoms. The SMILES string of the molecule is COC(=O)c1ccc(F)c(NC2CCCCC2C(C)C)c1. The number of ether oxygens (including phenoxy) is 1. The molecular weight excluding hydrogens is 269 g/mol. The minimum atomic E-state index is -0.442. The fourth-order valence-corrected chi connectivity index (χ4v) is 3.22. The first kappa shape index (κ1) is 15.8. The van der Waals surface area contributed by atoms with Crippen molar-refractivity contribution in [2.45, 2.75) is 45.6 Å². The molecule has 116 valence electrons. The first-order valence-corrected chi connectivity index (χ1v) is 7.67. The molecule has 0 radical (unpaired) electrons. The van der Waals surface area contributed by atoms with Gasteiger partial charge in [0.1, 0.15) is 5.82 Å². The van der Waals surface area contributed by atoms with E-state index in [1.807, 2.05) is 0 Å². The van der Waals surface area contributed by atoms with Gasteiger partial charge in [-0.2, -0.15) is 0 Å². The van der Waals surface area contributed by atoms with Crippen LogP contribution >= 0.6 is 0 Å². The van der Waals surface area contributed by atoms with E-state index in [1.54, 1.807) is 6.07 Å². The maximum atomic E-state index is 14.0. The highest BCUT2D eigenvalue weighted by Gasteiger charge is 2.28. The number of rotatable bonds is 4. The number of carbonyl (C=O) groups is 1. The lowest BCUT2D eigenvalue weighted by Gasteiger charge is -2.35. The molecule has 21 heavy (non-hydrogen) atoms. The van der Waals surface area contributed by atoms with Crippen molar-refractivity contribution < 1.29 is 13.9 Å². The van der Waals surface area contributed by atoms with E-state index < -0.39 is 5.97 Å². The second-order valence-corrected chi connectivity index (χ2v) is 6.13. The Labute approximate surface area is 125 Å². The summed E-state index contributed by atoms with van der Waals surface area (Å²) in [5, 5.41) is 3.32. The molecule has 1 aromatic rings. The van der Waals surface area contributed by atoms with Crippen LogP contribution in [0.2, 0.25) is 0 Å². The Hall–Kier alpha value is -1.58. The second-order valence-electron chi connectivity index (χ2n) is 6.13. The van der Waals surface area contributed by atoms with Gasteiger partial charge in [-0.05, 0) is 42.9 Å². The topological polar surface area (TPSA) is 38.3 Å². The maximum absolute atomic E-state index is 14.0. The van der Waals surface area contributed by atoms with Gasteiger partial charge in [-0.25, -0.2) is 9.18 Å². The Morgan fingerprint density at radius 2 is 2.05 bits per heavy atom. The highest BCUT2D eigenvalue weighted by atomic mass is 19.1. The molecule has 1 saturated carbocycles. The highest BCUT2D eigenvalue weighted by Crippen LogP contribution is 2.33. The largest absolute Gasteiger partial charge is 0.465 e. The van der Waals surface area contributed by atoms with Crippen molar-refractivity contribution in [1.82, 2.24) is 0 Å². The molecule has 3 nitrogen and oxygen atoms in total. The van der Waals surface area contributed by atoms with E-state index in [0.717, 1.165) is 6.42 Å². The first-order valence-electron chi connectivity index (χ1n) is 7.67. The van der Waals surface area contributed by atoms with Gasteiger partial charge in [0, 0.05) is 6.04 Å². The van der Waals surface area contributed by atoms with E-state index in [4.69, 9.17) is 4.74 Å². The molecule has 1 aliphatic rings. The van der Waals surface area contributed by atoms with Crippen LogP contribution in [0.5, 0.6) is 0 Å². The number of methoxy groups -OCH3 is 1. The third-order valence-corrected chi connectivity index (χ3v) is 4.40. The van der Waals surface area contributed by atoms with Crippen LogP contribution in [0.1, 0.15) is 49.9 Å². The van der Waals surface area contributed by atoms with Crippen LogP contribution in [0.15, 0.2) is 18.2 Å². The van der Waals surface area contributed by atoms with Crippen molar-refractivity contribution in [3.8, 4) is 0 Å². The van der Waals surface area contributed by atoms with Crippen LogP contribution in [-0.4, -0.2) is 19.1 Å². The molecule has 1 aromatic carbocycles. The van der Waals surface area contributed by atoms with Gasteiger partial charge in [0.2, 0.25) is 0 Å². The molecule has 1 N–H and O–H groups in total. The van der Waals surface area contributed by atoms with E-state index in [1.165, 1.54) is 38.5 Å². The molecule has 1 aliphatic carbocycles. The van der Waals surface area contributed by atoms with E-state index in [2.05, 4.69) is 19.2 Å². The number of hydrogen-bond acceptors (Lipinski definition) is 3. The summed E-state index contributed by atoms with van der Waals surface area (Å²) in [7, 11) is 1.33. The van der Waals surface area contributed by atoms with Crippen molar-refractivity contribution in [3.05, 3.63) is 29.6 Å². The molecule has 1 fully saturated rings. The Balaban J connectivity index is 2.19. The monoisotopic (exact) mass is 293 g/mol. The van der Waals surface area contributed by atoms with Gasteiger partial charge in [0.15, 0.2) is 0 Å². The number of halogens is 1. The van der Waals surface area contributed by atoms with Gasteiger partial charge in [-0.15, -0.1) is 0 Å². The number of esters is 1. The molecule has 0 aromatic heterocycles. The number of anilines is 1. The predicted molar refractivity (Wildman–Crippen MR) is 81.9 cm³/mol. The lowest BCUT2D eigenvalue weighted by Crippen LogP contribution is -2.35. The summed E-state index contributed by atoms with van der Waals surface area (Å²) < 4.78 is 18.7. The normalized spacial score (nSPS) is 22.1. The molecule has 4 heteroatoms. The van der Waals surface area contributed by atoms with Crippen LogP contribution in [0.3, 0.4) is 0 Å². The Kier molecular flexibility index (Phi) is 5.21. The van der Waals surface area contributed by atoms with Gasteiger partial charge in [-0.1, -0.05) is 26.7 Å². The number of nitrogens with one attached hydrogen (secondary N) is 1. The molecule has 0 amide bonds. The predicted octanol–water partition coefficient (Wildman–Crippen LogP) is 4.24. The van der Waals surface area contributed by atoms with Crippen molar-refractivity contribution in [2.75, 3.05) is 12.4 Å². The van der Waals surface area contributed by atoms with Gasteiger partial charge >= 0.3 is 5.97 Å². The fourth-order valence-electron chi connectivity index (χ4n) is 3.22. The third kappa shape index (κ3) is 3.74. The van der Waals surface area contributed by atoms with Gasteiger partial charge in [0.25, 0.3) is 0 Å². The zero-order valence-corrected chi connectivity index (χ0v) is 13.0. The van der Waals surface area contributed by atoms with Crippen LogP contribution in [0.25, 0.3) is 0 Å². The average molecular weight is 293 g/mol. The van der Waals surface area contributed by atoms with Crippen LogP contribution < -0.4 is 5.32 Å². The second kappa shape index (κ2) is 6.92. The number of carbonyl (C=O) groups excluding carboxylic acids is 1. The quantitative estimate of drug-likeness (QED) is 0.844. The number of benzene rings is 1. The smallest absolute Gasteiger partial charge is 0.337 e. The van der Waals surface area contributed by atoms with Crippen molar-refractivity contribution in [1.29, 1.82) is 0 Å². The molecule has 2 rings (SSSR count). The summed E-state index contributed by atoms with van der Waals surface area (Å²) in [4.78, 5) is 11.6. The average Bonchev–Trinajstić information content (AvgIpc) is 2.49. The van der Waals surface area contributed by atoms with Crippen molar-refractivity contribution in [2.24, 2.45) is 11.8 Å². The summed E-state index contributed by atoms with van der Waals surface area (Å²) in [6.45, 7) is 4.43. The van der Waals surface area contributed by atoms with Crippen LogP contribution in [-0.2, 0) is 4.74 Å². The van der Waals surface area contributed by atoms with Gasteiger partial charge in [0.05, 0.1) is 18.4 Å². The summed E-state index contributed by atoms with van der Waals surface area (Å²) >= 11 is 0. The Morgan fingerprint density at radius 3 is 2.71 bits per heavy atom. The lowest BCUT2D eigenvalue weighted by molar-refractivity contribution is 0.0600. The summed E-state index contributed by atoms with van der Waals surface area (Å²) in [5.41, 5.74) is 0.772. The minimum Gasteiger partial charge on any atom is -0.465 e. The standard InChI is InChI=1S/C17H24FNO2/c1-11(2)13-6-4-5-7-15(13)19-16-10-12(17(20)21-3)8-9-14(16)18/h8-11,13,15,19H,4-7H2,1-3H3. The van der Waals surface area contributed by atoms with E-state index >= 15 is 0 Å². The number of hydrogen-bond donors (Lipinski definition) is 1. The minimum absolute atomic E-state index is 0.265. The highest BCUT2D eigenvalue weighted by molar-refractivity contribution is 5.90. The maximum Gasteiger partial charge on any atom is 0.337 e. The first-order chi connectivity index (χ1) is 10.0. The zero-order valence-electron chi connectivity index (χ0n) is 13.0.